The van der Waals surface area contributed by atoms with Crippen molar-refractivity contribution in [2.75, 3.05) is 13.6 Å². The molecule has 1 aliphatic heterocycles. The lowest BCUT2D eigenvalue weighted by molar-refractivity contribution is 0.00578. The summed E-state index contributed by atoms with van der Waals surface area (Å²) in [6, 6.07) is 0. The molecule has 0 radical (unpaired) electrons. The van der Waals surface area contributed by atoms with E-state index in [9.17, 15) is 0 Å². The Hall–Kier alpha value is -0.515. The van der Waals surface area contributed by atoms with E-state index in [1.54, 1.807) is 0 Å². The van der Waals surface area contributed by atoms with Crippen molar-refractivity contribution in [3.05, 3.63) is 11.7 Å². The van der Waals surface area contributed by atoms with Gasteiger partial charge < -0.3 is 20.4 Å². The van der Waals surface area contributed by atoms with Gasteiger partial charge in [0.25, 0.3) is 0 Å². The van der Waals surface area contributed by atoms with Crippen LogP contribution in [0.1, 0.15) is 27.7 Å². The minimum Gasteiger partial charge on any atom is -0.399 e. The standard InChI is InChI=1S/C10H21BN2O2/c1-9(2)10(3,4)15-11(14-9)8(6-12)7-13-5/h7,13H,6,12H2,1-5H3/b8-7+. The van der Waals surface area contributed by atoms with Crippen LogP contribution in [0.25, 0.3) is 0 Å². The predicted octanol–water partition coefficient (Wildman–Crippen LogP) is 0.680. The zero-order valence-electron chi connectivity index (χ0n) is 10.3. The van der Waals surface area contributed by atoms with Crippen molar-refractivity contribution in [3.8, 4) is 0 Å². The van der Waals surface area contributed by atoms with Crippen molar-refractivity contribution >= 4 is 7.12 Å². The lowest BCUT2D eigenvalue weighted by atomic mass is 9.79. The van der Waals surface area contributed by atoms with E-state index >= 15 is 0 Å². The molecule has 15 heavy (non-hydrogen) atoms. The molecule has 3 N–H and O–H groups in total. The molecule has 1 fully saturated rings. The summed E-state index contributed by atoms with van der Waals surface area (Å²) in [7, 11) is 1.49. The molecule has 0 saturated carbocycles. The minimum absolute atomic E-state index is 0.306. The maximum absolute atomic E-state index is 5.86. The van der Waals surface area contributed by atoms with Crippen molar-refractivity contribution < 1.29 is 9.31 Å². The lowest BCUT2D eigenvalue weighted by Crippen LogP contribution is -2.41. The highest BCUT2D eigenvalue weighted by atomic mass is 16.7. The molecule has 0 bridgehead atoms. The fourth-order valence-corrected chi connectivity index (χ4v) is 1.40. The molecule has 86 valence electrons. The highest BCUT2D eigenvalue weighted by Gasteiger charge is 2.52. The third-order valence-corrected chi connectivity index (χ3v) is 3.12. The molecule has 0 aliphatic carbocycles. The van der Waals surface area contributed by atoms with Crippen LogP contribution < -0.4 is 11.1 Å². The van der Waals surface area contributed by atoms with Crippen LogP contribution in [0.2, 0.25) is 0 Å². The van der Waals surface area contributed by atoms with Crippen molar-refractivity contribution in [3.63, 3.8) is 0 Å². The molecule has 4 nitrogen and oxygen atoms in total. The summed E-state index contributed by atoms with van der Waals surface area (Å²) in [5.41, 5.74) is 5.96. The summed E-state index contributed by atoms with van der Waals surface area (Å²) in [5.74, 6) is 0. The van der Waals surface area contributed by atoms with Crippen molar-refractivity contribution in [2.24, 2.45) is 5.73 Å². The molecule has 0 aromatic rings. The molecular formula is C10H21BN2O2. The number of nitrogens with two attached hydrogens (primary N) is 1. The van der Waals surface area contributed by atoms with E-state index in [1.165, 1.54) is 0 Å². The summed E-state index contributed by atoms with van der Waals surface area (Å²) in [6.07, 6.45) is 1.84. The van der Waals surface area contributed by atoms with Gasteiger partial charge in [0.2, 0.25) is 0 Å². The Morgan fingerprint density at radius 2 is 1.73 bits per heavy atom. The van der Waals surface area contributed by atoms with Crippen molar-refractivity contribution in [2.45, 2.75) is 38.9 Å². The molecule has 1 rings (SSSR count). The van der Waals surface area contributed by atoms with Gasteiger partial charge in [-0.05, 0) is 39.4 Å². The molecule has 1 aliphatic rings. The molecule has 1 heterocycles. The molecular weight excluding hydrogens is 191 g/mol. The van der Waals surface area contributed by atoms with E-state index in [2.05, 4.69) is 5.32 Å². The van der Waals surface area contributed by atoms with Crippen LogP contribution in [0.5, 0.6) is 0 Å². The fourth-order valence-electron chi connectivity index (χ4n) is 1.40. The first-order chi connectivity index (χ1) is 6.84. The average molecular weight is 212 g/mol. The maximum Gasteiger partial charge on any atom is 0.493 e. The van der Waals surface area contributed by atoms with Gasteiger partial charge in [0.15, 0.2) is 0 Å². The largest absolute Gasteiger partial charge is 0.493 e. The summed E-state index contributed by atoms with van der Waals surface area (Å²) in [4.78, 5) is 0. The highest BCUT2D eigenvalue weighted by Crippen LogP contribution is 2.38. The van der Waals surface area contributed by atoms with Gasteiger partial charge in [-0.15, -0.1) is 0 Å². The number of rotatable bonds is 3. The molecule has 0 amide bonds. The van der Waals surface area contributed by atoms with Crippen molar-refractivity contribution in [1.29, 1.82) is 0 Å². The van der Waals surface area contributed by atoms with Gasteiger partial charge in [-0.2, -0.15) is 0 Å². The van der Waals surface area contributed by atoms with Crippen LogP contribution in [0.3, 0.4) is 0 Å². The normalized spacial score (nSPS) is 24.4. The maximum atomic E-state index is 5.86. The molecule has 0 atom stereocenters. The van der Waals surface area contributed by atoms with Gasteiger partial charge >= 0.3 is 7.12 Å². The van der Waals surface area contributed by atoms with Crippen LogP contribution in [0, 0.1) is 0 Å². The van der Waals surface area contributed by atoms with Crippen molar-refractivity contribution in [1.82, 2.24) is 5.32 Å². The molecule has 5 heteroatoms. The number of hydrogen-bond donors (Lipinski definition) is 2. The first-order valence-electron chi connectivity index (χ1n) is 5.26. The Labute approximate surface area is 92.3 Å². The minimum atomic E-state index is -0.340. The Morgan fingerprint density at radius 1 is 1.27 bits per heavy atom. The van der Waals surface area contributed by atoms with E-state index in [0.717, 1.165) is 5.47 Å². The van der Waals surface area contributed by atoms with Gasteiger partial charge in [-0.3, -0.25) is 0 Å². The highest BCUT2D eigenvalue weighted by molar-refractivity contribution is 6.54. The lowest BCUT2D eigenvalue weighted by Gasteiger charge is -2.32. The fraction of sp³-hybridized carbons (Fsp3) is 0.800. The number of nitrogens with one attached hydrogen (secondary N) is 1. The second kappa shape index (κ2) is 4.16. The topological polar surface area (TPSA) is 56.5 Å². The second-order valence-electron chi connectivity index (χ2n) is 4.80. The predicted molar refractivity (Wildman–Crippen MR) is 62.3 cm³/mol. The van der Waals surface area contributed by atoms with Gasteiger partial charge in [0.1, 0.15) is 0 Å². The third kappa shape index (κ3) is 2.35. The van der Waals surface area contributed by atoms with E-state index in [-0.39, 0.29) is 18.3 Å². The molecule has 0 aromatic carbocycles. The van der Waals surface area contributed by atoms with E-state index < -0.39 is 0 Å². The molecule has 0 unspecified atom stereocenters. The summed E-state index contributed by atoms with van der Waals surface area (Å²) < 4.78 is 11.7. The quantitative estimate of drug-likeness (QED) is 0.675. The Kier molecular flexibility index (Phi) is 3.48. The van der Waals surface area contributed by atoms with Crippen LogP contribution in [-0.4, -0.2) is 31.9 Å². The van der Waals surface area contributed by atoms with Gasteiger partial charge in [0, 0.05) is 13.6 Å². The summed E-state index contributed by atoms with van der Waals surface area (Å²) in [5, 5.41) is 2.95. The molecule has 1 saturated heterocycles. The summed E-state index contributed by atoms with van der Waals surface area (Å²) >= 11 is 0. The zero-order valence-corrected chi connectivity index (χ0v) is 10.3. The Bertz CT molecular complexity index is 248. The number of hydrogen-bond acceptors (Lipinski definition) is 4. The molecule has 0 aromatic heterocycles. The smallest absolute Gasteiger partial charge is 0.399 e. The zero-order chi connectivity index (χ0) is 11.7. The van der Waals surface area contributed by atoms with E-state index in [0.29, 0.717) is 6.54 Å². The average Bonchev–Trinajstić information content (AvgIpc) is 2.32. The van der Waals surface area contributed by atoms with E-state index in [1.807, 2.05) is 40.9 Å². The summed E-state index contributed by atoms with van der Waals surface area (Å²) in [6.45, 7) is 8.54. The van der Waals surface area contributed by atoms with Crippen LogP contribution in [-0.2, 0) is 9.31 Å². The Morgan fingerprint density at radius 3 is 2.07 bits per heavy atom. The third-order valence-electron chi connectivity index (χ3n) is 3.12. The first-order valence-corrected chi connectivity index (χ1v) is 5.26. The van der Waals surface area contributed by atoms with Gasteiger partial charge in [0.05, 0.1) is 11.2 Å². The van der Waals surface area contributed by atoms with Gasteiger partial charge in [-0.1, -0.05) is 0 Å². The SMILES string of the molecule is CN/C=C(\CN)B1OC(C)(C)C(C)(C)O1. The van der Waals surface area contributed by atoms with Crippen LogP contribution in [0.4, 0.5) is 0 Å². The monoisotopic (exact) mass is 212 g/mol. The van der Waals surface area contributed by atoms with Gasteiger partial charge in [-0.25, -0.2) is 0 Å². The van der Waals surface area contributed by atoms with Crippen LogP contribution >= 0.6 is 0 Å². The van der Waals surface area contributed by atoms with Crippen LogP contribution in [0.15, 0.2) is 11.7 Å². The first kappa shape index (κ1) is 12.6. The van der Waals surface area contributed by atoms with E-state index in [4.69, 9.17) is 15.0 Å². The Balaban J connectivity index is 2.82. The second-order valence-corrected chi connectivity index (χ2v) is 4.80. The molecule has 0 spiro atoms.